The number of nitriles is 1. The average molecular weight is 337 g/mol. The number of carbonyl (C=O) groups is 2. The lowest BCUT2D eigenvalue weighted by Crippen LogP contribution is -2.36. The van der Waals surface area contributed by atoms with Crippen molar-refractivity contribution in [1.29, 1.82) is 5.26 Å². The lowest BCUT2D eigenvalue weighted by Gasteiger charge is -2.21. The summed E-state index contributed by atoms with van der Waals surface area (Å²) in [7, 11) is 0. The van der Waals surface area contributed by atoms with Gasteiger partial charge < -0.3 is 19.7 Å². The summed E-state index contributed by atoms with van der Waals surface area (Å²) >= 11 is 0. The summed E-state index contributed by atoms with van der Waals surface area (Å²) in [6.07, 6.45) is 0. The normalized spacial score (nSPS) is 11.5. The Morgan fingerprint density at radius 2 is 1.96 bits per heavy atom. The fourth-order valence-corrected chi connectivity index (χ4v) is 2.46. The van der Waals surface area contributed by atoms with Gasteiger partial charge in [-0.1, -0.05) is 12.1 Å². The van der Waals surface area contributed by atoms with E-state index in [1.54, 1.807) is 42.5 Å². The molecule has 2 amide bonds. The SMILES string of the molecule is CC(=O)N(CC(=O)Nc1ccccc1C#N)c1ccc2c(c1)OCO2. The molecule has 1 aliphatic rings. The first-order chi connectivity index (χ1) is 12.1. The van der Waals surface area contributed by atoms with E-state index in [0.29, 0.717) is 28.4 Å². The smallest absolute Gasteiger partial charge is 0.244 e. The highest BCUT2D eigenvalue weighted by Crippen LogP contribution is 2.35. The van der Waals surface area contributed by atoms with E-state index >= 15 is 0 Å². The minimum atomic E-state index is -0.407. The van der Waals surface area contributed by atoms with E-state index in [9.17, 15) is 9.59 Å². The molecule has 0 spiro atoms. The Kier molecular flexibility index (Phi) is 4.53. The first kappa shape index (κ1) is 16.3. The van der Waals surface area contributed by atoms with E-state index in [1.165, 1.54) is 11.8 Å². The van der Waals surface area contributed by atoms with Crippen molar-refractivity contribution >= 4 is 23.2 Å². The molecule has 3 rings (SSSR count). The van der Waals surface area contributed by atoms with Crippen LogP contribution in [0.25, 0.3) is 0 Å². The molecule has 0 aromatic heterocycles. The number of hydrogen-bond acceptors (Lipinski definition) is 5. The van der Waals surface area contributed by atoms with Gasteiger partial charge in [0.2, 0.25) is 18.6 Å². The Morgan fingerprint density at radius 3 is 2.72 bits per heavy atom. The Labute approximate surface area is 144 Å². The monoisotopic (exact) mass is 337 g/mol. The minimum absolute atomic E-state index is 0.129. The molecule has 0 atom stereocenters. The second kappa shape index (κ2) is 6.93. The van der Waals surface area contributed by atoms with Gasteiger partial charge in [0.25, 0.3) is 0 Å². The van der Waals surface area contributed by atoms with Crippen LogP contribution in [0.5, 0.6) is 11.5 Å². The Bertz CT molecular complexity index is 873. The highest BCUT2D eigenvalue weighted by Gasteiger charge is 2.20. The maximum Gasteiger partial charge on any atom is 0.244 e. The van der Waals surface area contributed by atoms with Crippen LogP contribution in [0.2, 0.25) is 0 Å². The number of amides is 2. The zero-order chi connectivity index (χ0) is 17.8. The number of fused-ring (bicyclic) bond motifs is 1. The van der Waals surface area contributed by atoms with E-state index in [2.05, 4.69) is 5.32 Å². The lowest BCUT2D eigenvalue weighted by atomic mass is 10.2. The molecule has 7 heteroatoms. The van der Waals surface area contributed by atoms with Crippen LogP contribution in [0, 0.1) is 11.3 Å². The van der Waals surface area contributed by atoms with Crippen molar-refractivity contribution in [2.24, 2.45) is 0 Å². The van der Waals surface area contributed by atoms with Gasteiger partial charge in [0, 0.05) is 18.7 Å². The molecule has 1 aliphatic heterocycles. The molecule has 0 aliphatic carbocycles. The third-order valence-electron chi connectivity index (χ3n) is 3.67. The van der Waals surface area contributed by atoms with E-state index in [-0.39, 0.29) is 19.2 Å². The number of nitrogens with zero attached hydrogens (tertiary/aromatic N) is 2. The zero-order valence-electron chi connectivity index (χ0n) is 13.5. The summed E-state index contributed by atoms with van der Waals surface area (Å²) in [6.45, 7) is 1.32. The molecule has 0 fully saturated rings. The zero-order valence-corrected chi connectivity index (χ0v) is 13.5. The first-order valence-electron chi connectivity index (χ1n) is 7.55. The second-order valence-electron chi connectivity index (χ2n) is 5.35. The number of rotatable bonds is 4. The number of benzene rings is 2. The fraction of sp³-hybridized carbons (Fsp3) is 0.167. The fourth-order valence-electron chi connectivity index (χ4n) is 2.46. The van der Waals surface area contributed by atoms with Crippen LogP contribution in [0.15, 0.2) is 42.5 Å². The summed E-state index contributed by atoms with van der Waals surface area (Å²) in [5, 5.41) is 11.7. The molecule has 1 N–H and O–H groups in total. The molecule has 7 nitrogen and oxygen atoms in total. The average Bonchev–Trinajstić information content (AvgIpc) is 3.07. The molecular weight excluding hydrogens is 322 g/mol. The summed E-state index contributed by atoms with van der Waals surface area (Å²) in [5.74, 6) is 0.428. The third kappa shape index (κ3) is 3.53. The van der Waals surface area contributed by atoms with Crippen LogP contribution in [0.3, 0.4) is 0 Å². The molecule has 25 heavy (non-hydrogen) atoms. The van der Waals surface area contributed by atoms with Gasteiger partial charge in [-0.15, -0.1) is 0 Å². The van der Waals surface area contributed by atoms with Crippen molar-refractivity contribution in [2.75, 3.05) is 23.6 Å². The number of hydrogen-bond donors (Lipinski definition) is 1. The van der Waals surface area contributed by atoms with Gasteiger partial charge in [0.05, 0.1) is 11.3 Å². The molecule has 2 aromatic carbocycles. The van der Waals surface area contributed by atoms with E-state index in [1.807, 2.05) is 6.07 Å². The predicted molar refractivity (Wildman–Crippen MR) is 90.4 cm³/mol. The molecule has 0 radical (unpaired) electrons. The van der Waals surface area contributed by atoms with Gasteiger partial charge in [-0.3, -0.25) is 9.59 Å². The van der Waals surface area contributed by atoms with Crippen molar-refractivity contribution < 1.29 is 19.1 Å². The van der Waals surface area contributed by atoms with E-state index in [4.69, 9.17) is 14.7 Å². The van der Waals surface area contributed by atoms with Crippen molar-refractivity contribution in [1.82, 2.24) is 0 Å². The Hall–Kier alpha value is -3.53. The molecule has 0 saturated heterocycles. The quantitative estimate of drug-likeness (QED) is 0.924. The topological polar surface area (TPSA) is 91.7 Å². The maximum atomic E-state index is 12.3. The highest BCUT2D eigenvalue weighted by atomic mass is 16.7. The van der Waals surface area contributed by atoms with Crippen LogP contribution in [-0.2, 0) is 9.59 Å². The third-order valence-corrected chi connectivity index (χ3v) is 3.67. The Morgan fingerprint density at radius 1 is 1.20 bits per heavy atom. The van der Waals surface area contributed by atoms with Crippen LogP contribution in [0.1, 0.15) is 12.5 Å². The van der Waals surface area contributed by atoms with Gasteiger partial charge in [0.1, 0.15) is 12.6 Å². The second-order valence-corrected chi connectivity index (χ2v) is 5.35. The van der Waals surface area contributed by atoms with Gasteiger partial charge >= 0.3 is 0 Å². The Balaban J connectivity index is 1.77. The van der Waals surface area contributed by atoms with Gasteiger partial charge in [-0.25, -0.2) is 0 Å². The standard InChI is InChI=1S/C18H15N3O4/c1-12(22)21(14-6-7-16-17(8-14)25-11-24-16)10-18(23)20-15-5-3-2-4-13(15)9-19/h2-8H,10-11H2,1H3,(H,20,23). The number of carbonyl (C=O) groups excluding carboxylic acids is 2. The molecule has 126 valence electrons. The summed E-state index contributed by atoms with van der Waals surface area (Å²) in [4.78, 5) is 25.6. The van der Waals surface area contributed by atoms with Crippen molar-refractivity contribution in [3.8, 4) is 17.6 Å². The molecule has 0 unspecified atom stereocenters. The van der Waals surface area contributed by atoms with Crippen LogP contribution in [-0.4, -0.2) is 25.2 Å². The van der Waals surface area contributed by atoms with Crippen LogP contribution < -0.4 is 19.7 Å². The maximum absolute atomic E-state index is 12.3. The number of para-hydroxylation sites is 1. The first-order valence-corrected chi connectivity index (χ1v) is 7.55. The molecular formula is C18H15N3O4. The minimum Gasteiger partial charge on any atom is -0.454 e. The largest absolute Gasteiger partial charge is 0.454 e. The number of ether oxygens (including phenoxy) is 2. The summed E-state index contributed by atoms with van der Waals surface area (Å²) in [5.41, 5.74) is 1.29. The lowest BCUT2D eigenvalue weighted by molar-refractivity contribution is -0.120. The van der Waals surface area contributed by atoms with Crippen molar-refractivity contribution in [3.05, 3.63) is 48.0 Å². The van der Waals surface area contributed by atoms with E-state index in [0.717, 1.165) is 0 Å². The van der Waals surface area contributed by atoms with Gasteiger partial charge in [-0.2, -0.15) is 5.26 Å². The molecule has 0 bridgehead atoms. The molecule has 1 heterocycles. The molecule has 2 aromatic rings. The van der Waals surface area contributed by atoms with Gasteiger partial charge in [0.15, 0.2) is 11.5 Å². The number of nitrogens with one attached hydrogen (secondary N) is 1. The summed E-state index contributed by atoms with van der Waals surface area (Å²) in [6, 6.07) is 13.7. The predicted octanol–water partition coefficient (Wildman–Crippen LogP) is 2.28. The van der Waals surface area contributed by atoms with Crippen LogP contribution >= 0.6 is 0 Å². The van der Waals surface area contributed by atoms with E-state index < -0.39 is 5.91 Å². The number of anilines is 2. The van der Waals surface area contributed by atoms with Crippen molar-refractivity contribution in [2.45, 2.75) is 6.92 Å². The van der Waals surface area contributed by atoms with Crippen molar-refractivity contribution in [3.63, 3.8) is 0 Å². The van der Waals surface area contributed by atoms with Gasteiger partial charge in [-0.05, 0) is 24.3 Å². The summed E-state index contributed by atoms with van der Waals surface area (Å²) < 4.78 is 10.5. The molecule has 0 saturated carbocycles. The highest BCUT2D eigenvalue weighted by molar-refractivity contribution is 6.02. The van der Waals surface area contributed by atoms with Crippen LogP contribution in [0.4, 0.5) is 11.4 Å².